The van der Waals surface area contributed by atoms with Gasteiger partial charge in [0.05, 0.1) is 0 Å². The summed E-state index contributed by atoms with van der Waals surface area (Å²) in [5, 5.41) is 0. The van der Waals surface area contributed by atoms with Gasteiger partial charge in [0, 0.05) is 23.3 Å². The smallest absolute Gasteiger partial charge is 0.223 e. The van der Waals surface area contributed by atoms with Crippen molar-refractivity contribution in [3.63, 3.8) is 0 Å². The van der Waals surface area contributed by atoms with E-state index in [2.05, 4.69) is 20.8 Å². The molecular weight excluding hydrogens is 266 g/mol. The average Bonchev–Trinajstić information content (AvgIpc) is 2.45. The maximum atomic E-state index is 12.3. The number of alkyl halides is 1. The minimum Gasteiger partial charge on any atom is -0.337 e. The number of carbonyl (C=O) groups is 1. The third-order valence-electron chi connectivity index (χ3n) is 4.65. The van der Waals surface area contributed by atoms with E-state index >= 15 is 0 Å². The van der Waals surface area contributed by atoms with E-state index < -0.39 is 0 Å². The summed E-state index contributed by atoms with van der Waals surface area (Å²) in [6, 6.07) is 1.10. The standard InChI is InChI=1S/C13H20BrNO/c14-10-7-11-4-5-12(8-10)15(11)13(16)6-9-2-1-3-9/h9-12H,1-8H2. The molecule has 3 heteroatoms. The van der Waals surface area contributed by atoms with Gasteiger partial charge >= 0.3 is 0 Å². The van der Waals surface area contributed by atoms with E-state index in [9.17, 15) is 4.79 Å². The first-order valence-corrected chi connectivity index (χ1v) is 7.61. The number of halogens is 1. The fraction of sp³-hybridized carbons (Fsp3) is 0.923. The Morgan fingerprint density at radius 2 is 1.75 bits per heavy atom. The zero-order valence-electron chi connectivity index (χ0n) is 9.70. The van der Waals surface area contributed by atoms with Gasteiger partial charge in [0.25, 0.3) is 0 Å². The first kappa shape index (κ1) is 11.1. The summed E-state index contributed by atoms with van der Waals surface area (Å²) in [6.45, 7) is 0. The molecule has 2 nitrogen and oxygen atoms in total. The quantitative estimate of drug-likeness (QED) is 0.714. The van der Waals surface area contributed by atoms with E-state index in [1.165, 1.54) is 44.9 Å². The number of carbonyl (C=O) groups excluding carboxylic acids is 1. The summed E-state index contributed by atoms with van der Waals surface area (Å²) in [4.78, 5) is 15.2. The van der Waals surface area contributed by atoms with Crippen molar-refractivity contribution in [2.75, 3.05) is 0 Å². The van der Waals surface area contributed by atoms with Crippen LogP contribution < -0.4 is 0 Å². The zero-order chi connectivity index (χ0) is 11.1. The van der Waals surface area contributed by atoms with Gasteiger partial charge in [-0.25, -0.2) is 0 Å². The zero-order valence-corrected chi connectivity index (χ0v) is 11.3. The van der Waals surface area contributed by atoms with Crippen LogP contribution in [0, 0.1) is 5.92 Å². The maximum Gasteiger partial charge on any atom is 0.223 e. The van der Waals surface area contributed by atoms with Gasteiger partial charge in [0.1, 0.15) is 0 Å². The number of rotatable bonds is 2. The summed E-state index contributed by atoms with van der Waals surface area (Å²) < 4.78 is 0. The second-order valence-corrected chi connectivity index (χ2v) is 7.05. The molecule has 0 N–H and O–H groups in total. The van der Waals surface area contributed by atoms with Gasteiger partial charge in [-0.3, -0.25) is 4.79 Å². The number of nitrogens with zero attached hydrogens (tertiary/aromatic N) is 1. The molecule has 1 amide bonds. The molecule has 2 atom stereocenters. The molecule has 3 fully saturated rings. The van der Waals surface area contributed by atoms with Crippen LogP contribution in [0.4, 0.5) is 0 Å². The highest BCUT2D eigenvalue weighted by atomic mass is 79.9. The molecule has 2 saturated heterocycles. The lowest BCUT2D eigenvalue weighted by Crippen LogP contribution is -2.47. The van der Waals surface area contributed by atoms with Crippen LogP contribution in [-0.4, -0.2) is 27.7 Å². The molecule has 90 valence electrons. The van der Waals surface area contributed by atoms with Crippen LogP contribution in [0.25, 0.3) is 0 Å². The minimum atomic E-state index is 0.455. The highest BCUT2D eigenvalue weighted by Crippen LogP contribution is 2.40. The van der Waals surface area contributed by atoms with Crippen molar-refractivity contribution in [3.05, 3.63) is 0 Å². The SMILES string of the molecule is O=C(CC1CCC1)N1C2CCC1CC(Br)C2. The van der Waals surface area contributed by atoms with Crippen LogP contribution in [0.3, 0.4) is 0 Å². The molecule has 1 saturated carbocycles. The van der Waals surface area contributed by atoms with Gasteiger partial charge in [-0.05, 0) is 44.4 Å². The van der Waals surface area contributed by atoms with Crippen LogP contribution in [0.1, 0.15) is 51.4 Å². The Kier molecular flexibility index (Phi) is 2.99. The molecule has 3 aliphatic rings. The topological polar surface area (TPSA) is 20.3 Å². The summed E-state index contributed by atoms with van der Waals surface area (Å²) in [5.74, 6) is 1.17. The van der Waals surface area contributed by atoms with Crippen LogP contribution in [0.15, 0.2) is 0 Å². The predicted molar refractivity (Wildman–Crippen MR) is 67.6 cm³/mol. The highest BCUT2D eigenvalue weighted by Gasteiger charge is 2.42. The van der Waals surface area contributed by atoms with Gasteiger partial charge in [-0.1, -0.05) is 22.4 Å². The molecule has 0 aromatic carbocycles. The monoisotopic (exact) mass is 285 g/mol. The molecule has 2 heterocycles. The second-order valence-electron chi connectivity index (χ2n) is 5.76. The Morgan fingerprint density at radius 3 is 2.25 bits per heavy atom. The lowest BCUT2D eigenvalue weighted by molar-refractivity contribution is -0.137. The van der Waals surface area contributed by atoms with Crippen LogP contribution in [0.2, 0.25) is 0 Å². The van der Waals surface area contributed by atoms with Crippen molar-refractivity contribution in [3.8, 4) is 0 Å². The van der Waals surface area contributed by atoms with Crippen molar-refractivity contribution in [2.45, 2.75) is 68.3 Å². The summed E-state index contributed by atoms with van der Waals surface area (Å²) in [7, 11) is 0. The Morgan fingerprint density at radius 1 is 1.12 bits per heavy atom. The molecule has 2 aliphatic heterocycles. The van der Waals surface area contributed by atoms with E-state index in [1.54, 1.807) is 0 Å². The second kappa shape index (κ2) is 4.32. The number of hydrogen-bond donors (Lipinski definition) is 0. The summed E-state index contributed by atoms with van der Waals surface area (Å²) in [5.41, 5.74) is 0. The number of fused-ring (bicyclic) bond motifs is 2. The van der Waals surface area contributed by atoms with E-state index in [1.807, 2.05) is 0 Å². The van der Waals surface area contributed by atoms with E-state index in [4.69, 9.17) is 0 Å². The predicted octanol–water partition coefficient (Wildman–Crippen LogP) is 3.09. The van der Waals surface area contributed by atoms with Gasteiger partial charge in [0.15, 0.2) is 0 Å². The first-order valence-electron chi connectivity index (χ1n) is 6.69. The maximum absolute atomic E-state index is 12.3. The minimum absolute atomic E-state index is 0.455. The highest BCUT2D eigenvalue weighted by molar-refractivity contribution is 9.09. The Hall–Kier alpha value is -0.0500. The number of amides is 1. The van der Waals surface area contributed by atoms with Crippen LogP contribution in [0.5, 0.6) is 0 Å². The molecule has 0 aromatic rings. The largest absolute Gasteiger partial charge is 0.337 e. The van der Waals surface area contributed by atoms with Crippen LogP contribution in [-0.2, 0) is 4.79 Å². The number of piperidine rings is 1. The van der Waals surface area contributed by atoms with Gasteiger partial charge < -0.3 is 4.90 Å². The molecule has 16 heavy (non-hydrogen) atoms. The van der Waals surface area contributed by atoms with Gasteiger partial charge in [-0.2, -0.15) is 0 Å². The molecule has 2 unspecified atom stereocenters. The fourth-order valence-corrected chi connectivity index (χ4v) is 4.43. The lowest BCUT2D eigenvalue weighted by Gasteiger charge is -2.38. The summed E-state index contributed by atoms with van der Waals surface area (Å²) >= 11 is 3.72. The van der Waals surface area contributed by atoms with Crippen molar-refractivity contribution in [2.24, 2.45) is 5.92 Å². The Labute approximate surface area is 106 Å². The average molecular weight is 286 g/mol. The van der Waals surface area contributed by atoms with Crippen molar-refractivity contribution in [1.29, 1.82) is 0 Å². The van der Waals surface area contributed by atoms with Gasteiger partial charge in [-0.15, -0.1) is 0 Å². The van der Waals surface area contributed by atoms with Crippen molar-refractivity contribution in [1.82, 2.24) is 4.90 Å². The molecule has 1 aliphatic carbocycles. The fourth-order valence-electron chi connectivity index (χ4n) is 3.57. The van der Waals surface area contributed by atoms with E-state index in [-0.39, 0.29) is 0 Å². The van der Waals surface area contributed by atoms with Crippen molar-refractivity contribution >= 4 is 21.8 Å². The van der Waals surface area contributed by atoms with E-state index in [0.717, 1.165) is 6.42 Å². The Balaban J connectivity index is 1.63. The van der Waals surface area contributed by atoms with Gasteiger partial charge in [0.2, 0.25) is 5.91 Å². The number of hydrogen-bond acceptors (Lipinski definition) is 1. The molecule has 2 bridgehead atoms. The molecule has 3 rings (SSSR count). The third-order valence-corrected chi connectivity index (χ3v) is 5.40. The summed E-state index contributed by atoms with van der Waals surface area (Å²) in [6.07, 6.45) is 9.58. The molecule has 0 spiro atoms. The Bertz CT molecular complexity index is 276. The van der Waals surface area contributed by atoms with E-state index in [0.29, 0.717) is 28.7 Å². The molecule has 0 radical (unpaired) electrons. The first-order chi connectivity index (χ1) is 7.74. The van der Waals surface area contributed by atoms with Crippen LogP contribution >= 0.6 is 15.9 Å². The molecule has 0 aromatic heterocycles. The molecular formula is C13H20BrNO. The van der Waals surface area contributed by atoms with Crippen molar-refractivity contribution < 1.29 is 4.79 Å². The lowest BCUT2D eigenvalue weighted by atomic mass is 9.82. The normalized spacial score (nSPS) is 38.6. The third kappa shape index (κ3) is 1.92.